The third kappa shape index (κ3) is 2.92. The van der Waals surface area contributed by atoms with E-state index in [9.17, 15) is 9.18 Å². The zero-order valence-corrected chi connectivity index (χ0v) is 11.5. The van der Waals surface area contributed by atoms with Crippen molar-refractivity contribution < 1.29 is 4.39 Å². The number of hydrogen-bond donors (Lipinski definition) is 2. The summed E-state index contributed by atoms with van der Waals surface area (Å²) >= 11 is 0. The van der Waals surface area contributed by atoms with Gasteiger partial charge in [-0.2, -0.15) is 10.1 Å². The standard InChI is InChI=1S/C11H16FN7O/c1-18(2)9-7(12)6-14-10(15-9)13-5-4-8-16-17-11(20)19(8)3/h6H,4-5H2,1-3H3,(H,17,20)(H,13,14,15). The molecule has 8 nitrogen and oxygen atoms in total. The molecule has 0 saturated heterocycles. The highest BCUT2D eigenvalue weighted by molar-refractivity contribution is 5.42. The van der Waals surface area contributed by atoms with E-state index in [1.54, 1.807) is 26.0 Å². The van der Waals surface area contributed by atoms with Gasteiger partial charge in [-0.1, -0.05) is 0 Å². The molecule has 0 aliphatic heterocycles. The molecule has 2 aromatic heterocycles. The van der Waals surface area contributed by atoms with E-state index in [4.69, 9.17) is 0 Å². The van der Waals surface area contributed by atoms with E-state index in [0.29, 0.717) is 24.7 Å². The van der Waals surface area contributed by atoms with Crippen molar-refractivity contribution in [2.24, 2.45) is 7.05 Å². The van der Waals surface area contributed by atoms with Crippen LogP contribution in [0.15, 0.2) is 11.0 Å². The van der Waals surface area contributed by atoms with Gasteiger partial charge < -0.3 is 10.2 Å². The fraction of sp³-hybridized carbons (Fsp3) is 0.455. The molecule has 0 unspecified atom stereocenters. The first-order valence-electron chi connectivity index (χ1n) is 6.03. The lowest BCUT2D eigenvalue weighted by Crippen LogP contribution is -2.18. The van der Waals surface area contributed by atoms with Crippen molar-refractivity contribution in [1.29, 1.82) is 0 Å². The van der Waals surface area contributed by atoms with Crippen molar-refractivity contribution >= 4 is 11.8 Å². The summed E-state index contributed by atoms with van der Waals surface area (Å²) in [7, 11) is 5.04. The molecule has 0 bridgehead atoms. The fourth-order valence-electron chi connectivity index (χ4n) is 1.65. The van der Waals surface area contributed by atoms with E-state index in [0.717, 1.165) is 6.20 Å². The number of nitrogens with one attached hydrogen (secondary N) is 2. The molecular formula is C11H16FN7O. The van der Waals surface area contributed by atoms with Crippen molar-refractivity contribution in [3.63, 3.8) is 0 Å². The molecular weight excluding hydrogens is 265 g/mol. The molecule has 0 saturated carbocycles. The fourth-order valence-corrected chi connectivity index (χ4v) is 1.65. The Balaban J connectivity index is 1.99. The number of aromatic nitrogens is 5. The summed E-state index contributed by atoms with van der Waals surface area (Å²) in [5.74, 6) is 0.693. The van der Waals surface area contributed by atoms with Crippen LogP contribution in [-0.4, -0.2) is 45.4 Å². The molecule has 108 valence electrons. The third-order valence-corrected chi connectivity index (χ3v) is 2.75. The van der Waals surface area contributed by atoms with E-state index < -0.39 is 5.82 Å². The van der Waals surface area contributed by atoms with Gasteiger partial charge in [0.1, 0.15) is 5.82 Å². The molecule has 0 atom stereocenters. The average molecular weight is 281 g/mol. The Morgan fingerprint density at radius 3 is 2.85 bits per heavy atom. The van der Waals surface area contributed by atoms with Gasteiger partial charge in [0.05, 0.1) is 6.20 Å². The molecule has 2 heterocycles. The second-order valence-corrected chi connectivity index (χ2v) is 4.44. The van der Waals surface area contributed by atoms with Crippen molar-refractivity contribution in [2.45, 2.75) is 6.42 Å². The maximum Gasteiger partial charge on any atom is 0.343 e. The smallest absolute Gasteiger partial charge is 0.343 e. The van der Waals surface area contributed by atoms with E-state index in [1.165, 1.54) is 4.57 Å². The quantitative estimate of drug-likeness (QED) is 0.786. The summed E-state index contributed by atoms with van der Waals surface area (Å²) in [6, 6.07) is 0. The monoisotopic (exact) mass is 281 g/mol. The van der Waals surface area contributed by atoms with Gasteiger partial charge >= 0.3 is 5.69 Å². The van der Waals surface area contributed by atoms with Gasteiger partial charge in [-0.15, -0.1) is 0 Å². The van der Waals surface area contributed by atoms with Crippen LogP contribution in [0.4, 0.5) is 16.2 Å². The molecule has 0 fully saturated rings. The van der Waals surface area contributed by atoms with Crippen LogP contribution in [0.5, 0.6) is 0 Å². The van der Waals surface area contributed by atoms with Gasteiger partial charge in [0, 0.05) is 34.1 Å². The summed E-state index contributed by atoms with van der Waals surface area (Å²) in [6.45, 7) is 0.483. The Morgan fingerprint density at radius 1 is 1.50 bits per heavy atom. The summed E-state index contributed by atoms with van der Waals surface area (Å²) in [4.78, 5) is 20.7. The summed E-state index contributed by atoms with van der Waals surface area (Å²) in [5, 5.41) is 9.21. The lowest BCUT2D eigenvalue weighted by atomic mass is 10.4. The van der Waals surface area contributed by atoms with Crippen LogP contribution in [0.1, 0.15) is 5.82 Å². The van der Waals surface area contributed by atoms with Gasteiger partial charge in [0.15, 0.2) is 11.6 Å². The van der Waals surface area contributed by atoms with Gasteiger partial charge in [-0.25, -0.2) is 19.3 Å². The number of nitrogens with zero attached hydrogens (tertiary/aromatic N) is 5. The average Bonchev–Trinajstić information content (AvgIpc) is 2.72. The van der Waals surface area contributed by atoms with Crippen LogP contribution in [0.2, 0.25) is 0 Å². The Hall–Kier alpha value is -2.45. The minimum Gasteiger partial charge on any atom is -0.360 e. The highest BCUT2D eigenvalue weighted by Gasteiger charge is 2.09. The lowest BCUT2D eigenvalue weighted by Gasteiger charge is -2.13. The summed E-state index contributed by atoms with van der Waals surface area (Å²) < 4.78 is 14.8. The molecule has 0 aromatic carbocycles. The second-order valence-electron chi connectivity index (χ2n) is 4.44. The Labute approximate surface area is 114 Å². The molecule has 0 aliphatic rings. The molecule has 0 aliphatic carbocycles. The minimum atomic E-state index is -0.477. The Morgan fingerprint density at radius 2 is 2.25 bits per heavy atom. The molecule has 9 heteroatoms. The zero-order valence-electron chi connectivity index (χ0n) is 11.5. The van der Waals surface area contributed by atoms with Crippen LogP contribution in [0.25, 0.3) is 0 Å². The van der Waals surface area contributed by atoms with Gasteiger partial charge in [-0.3, -0.25) is 4.57 Å². The predicted molar refractivity (Wildman–Crippen MR) is 72.3 cm³/mol. The lowest BCUT2D eigenvalue weighted by molar-refractivity contribution is 0.612. The first-order chi connectivity index (χ1) is 9.49. The highest BCUT2D eigenvalue weighted by Crippen LogP contribution is 2.14. The van der Waals surface area contributed by atoms with Gasteiger partial charge in [-0.05, 0) is 0 Å². The molecule has 2 N–H and O–H groups in total. The van der Waals surface area contributed by atoms with Crippen LogP contribution < -0.4 is 15.9 Å². The molecule has 0 spiro atoms. The van der Waals surface area contributed by atoms with Crippen LogP contribution in [0, 0.1) is 5.82 Å². The minimum absolute atomic E-state index is 0.217. The van der Waals surface area contributed by atoms with Crippen molar-refractivity contribution in [3.05, 3.63) is 28.3 Å². The maximum absolute atomic E-state index is 13.4. The Kier molecular flexibility index (Phi) is 3.97. The molecule has 2 rings (SSSR count). The highest BCUT2D eigenvalue weighted by atomic mass is 19.1. The van der Waals surface area contributed by atoms with E-state index in [1.807, 2.05) is 0 Å². The number of halogens is 1. The van der Waals surface area contributed by atoms with Gasteiger partial charge in [0.2, 0.25) is 5.95 Å². The number of anilines is 2. The van der Waals surface area contributed by atoms with Crippen LogP contribution in [0.3, 0.4) is 0 Å². The van der Waals surface area contributed by atoms with Crippen LogP contribution in [-0.2, 0) is 13.5 Å². The number of hydrogen-bond acceptors (Lipinski definition) is 6. The normalized spacial score (nSPS) is 10.6. The summed E-state index contributed by atoms with van der Waals surface area (Å²) in [6.07, 6.45) is 1.64. The molecule has 0 amide bonds. The summed E-state index contributed by atoms with van der Waals surface area (Å²) in [5.41, 5.74) is -0.257. The van der Waals surface area contributed by atoms with E-state index in [-0.39, 0.29) is 11.5 Å². The van der Waals surface area contributed by atoms with Crippen molar-refractivity contribution in [3.8, 4) is 0 Å². The number of rotatable bonds is 5. The first kappa shape index (κ1) is 14.0. The molecule has 0 radical (unpaired) electrons. The first-order valence-corrected chi connectivity index (χ1v) is 6.03. The predicted octanol–water partition coefficient (Wildman–Crippen LogP) is -0.242. The molecule has 20 heavy (non-hydrogen) atoms. The van der Waals surface area contributed by atoms with E-state index in [2.05, 4.69) is 25.5 Å². The SMILES string of the molecule is CN(C)c1nc(NCCc2n[nH]c(=O)n2C)ncc1F. The largest absolute Gasteiger partial charge is 0.360 e. The van der Waals surface area contributed by atoms with Crippen molar-refractivity contribution in [1.82, 2.24) is 24.7 Å². The number of H-pyrrole nitrogens is 1. The zero-order chi connectivity index (χ0) is 14.7. The van der Waals surface area contributed by atoms with Gasteiger partial charge in [0.25, 0.3) is 0 Å². The maximum atomic E-state index is 13.4. The molecule has 2 aromatic rings. The van der Waals surface area contributed by atoms with Crippen molar-refractivity contribution in [2.75, 3.05) is 30.9 Å². The van der Waals surface area contributed by atoms with E-state index >= 15 is 0 Å². The second kappa shape index (κ2) is 5.68. The number of aromatic amines is 1. The van der Waals surface area contributed by atoms with Crippen LogP contribution >= 0.6 is 0 Å². The third-order valence-electron chi connectivity index (χ3n) is 2.75. The Bertz CT molecular complexity index is 648. The topological polar surface area (TPSA) is 91.7 Å².